The first-order valence-electron chi connectivity index (χ1n) is 12.5. The summed E-state index contributed by atoms with van der Waals surface area (Å²) in [7, 11) is 0. The second kappa shape index (κ2) is 9.50. The number of morpholine rings is 1. The van der Waals surface area contributed by atoms with E-state index < -0.39 is 0 Å². The van der Waals surface area contributed by atoms with Crippen LogP contribution in [0, 0.1) is 6.92 Å². The largest absolute Gasteiger partial charge is 0.378 e. The Balaban J connectivity index is 1.28. The first-order valence-corrected chi connectivity index (χ1v) is 12.5. The van der Waals surface area contributed by atoms with Gasteiger partial charge >= 0.3 is 6.03 Å². The van der Waals surface area contributed by atoms with Gasteiger partial charge in [-0.3, -0.25) is 9.69 Å². The Bertz CT molecular complexity index is 1050. The van der Waals surface area contributed by atoms with Gasteiger partial charge < -0.3 is 14.5 Å². The van der Waals surface area contributed by atoms with E-state index in [1.165, 1.54) is 41.3 Å². The molecular formula is C26H35N5O3. The number of rotatable bonds is 4. The number of carbonyl (C=O) groups excluding carboxylic acids is 2. The third-order valence-corrected chi connectivity index (χ3v) is 7.81. The summed E-state index contributed by atoms with van der Waals surface area (Å²) in [5.41, 5.74) is 4.51. The van der Waals surface area contributed by atoms with Crippen LogP contribution in [0.1, 0.15) is 54.2 Å². The van der Waals surface area contributed by atoms with E-state index in [0.29, 0.717) is 5.69 Å². The van der Waals surface area contributed by atoms with Crippen LogP contribution in [-0.2, 0) is 11.3 Å². The van der Waals surface area contributed by atoms with Crippen molar-refractivity contribution in [2.75, 3.05) is 50.8 Å². The molecule has 0 N–H and O–H groups in total. The number of hydrogen-bond acceptors (Lipinski definition) is 6. The van der Waals surface area contributed by atoms with E-state index in [0.717, 1.165) is 65.3 Å². The van der Waals surface area contributed by atoms with Crippen molar-refractivity contribution in [1.82, 2.24) is 19.6 Å². The van der Waals surface area contributed by atoms with Crippen molar-refractivity contribution >= 4 is 17.5 Å². The van der Waals surface area contributed by atoms with E-state index in [2.05, 4.69) is 40.0 Å². The van der Waals surface area contributed by atoms with Gasteiger partial charge in [0.15, 0.2) is 5.78 Å². The molecule has 0 aliphatic carbocycles. The molecule has 8 heteroatoms. The molecule has 34 heavy (non-hydrogen) atoms. The van der Waals surface area contributed by atoms with Gasteiger partial charge in [-0.15, -0.1) is 0 Å². The number of anilines is 1. The van der Waals surface area contributed by atoms with Gasteiger partial charge in [0.05, 0.1) is 13.2 Å². The van der Waals surface area contributed by atoms with Crippen LogP contribution < -0.4 is 4.90 Å². The minimum absolute atomic E-state index is 0.127. The lowest BCUT2D eigenvalue weighted by Gasteiger charge is -2.45. The molecule has 1 aromatic heterocycles. The number of piperidine rings is 1. The number of ether oxygens (including phenoxy) is 1. The molecule has 1 aromatic carbocycles. The van der Waals surface area contributed by atoms with Crippen LogP contribution in [0.3, 0.4) is 0 Å². The van der Waals surface area contributed by atoms with Gasteiger partial charge in [-0.2, -0.15) is 9.78 Å². The fraction of sp³-hybridized carbons (Fsp3) is 0.577. The number of aryl methyl sites for hydroxylation is 1. The number of Topliss-reactive ketones (excluding diaryl/α,β-unsaturated/α-hetero) is 1. The smallest absolute Gasteiger partial charge is 0.344 e. The molecule has 0 radical (unpaired) electrons. The summed E-state index contributed by atoms with van der Waals surface area (Å²) in [6.07, 6.45) is 5.92. The average Bonchev–Trinajstić information content (AvgIpc) is 3.49. The zero-order chi connectivity index (χ0) is 23.7. The molecule has 3 aliphatic heterocycles. The van der Waals surface area contributed by atoms with Crippen LogP contribution in [0.2, 0.25) is 0 Å². The van der Waals surface area contributed by atoms with Crippen LogP contribution in [0.15, 0.2) is 30.5 Å². The number of nitrogens with zero attached hydrogens (tertiary/aromatic N) is 5. The molecule has 0 saturated carbocycles. The van der Waals surface area contributed by atoms with Crippen molar-refractivity contribution in [2.45, 2.75) is 51.6 Å². The van der Waals surface area contributed by atoms with E-state index >= 15 is 0 Å². The zero-order valence-corrected chi connectivity index (χ0v) is 20.3. The molecule has 0 unspecified atom stereocenters. The molecule has 3 aliphatic rings. The highest BCUT2D eigenvalue weighted by Crippen LogP contribution is 2.40. The Morgan fingerprint density at radius 2 is 1.79 bits per heavy atom. The van der Waals surface area contributed by atoms with Crippen LogP contribution in [0.25, 0.3) is 0 Å². The number of hydrogen-bond donors (Lipinski definition) is 0. The Kier molecular flexibility index (Phi) is 6.44. The molecule has 4 heterocycles. The Labute approximate surface area is 201 Å². The van der Waals surface area contributed by atoms with Crippen molar-refractivity contribution in [1.29, 1.82) is 0 Å². The molecule has 1 spiro atoms. The molecule has 8 nitrogen and oxygen atoms in total. The quantitative estimate of drug-likeness (QED) is 0.645. The van der Waals surface area contributed by atoms with Crippen LogP contribution >= 0.6 is 0 Å². The second-order valence-electron chi connectivity index (χ2n) is 9.95. The topological polar surface area (TPSA) is 70.9 Å². The molecule has 0 atom stereocenters. The molecule has 5 rings (SSSR count). The van der Waals surface area contributed by atoms with Gasteiger partial charge in [-0.05, 0) is 62.4 Å². The van der Waals surface area contributed by atoms with Crippen molar-refractivity contribution in [3.8, 4) is 0 Å². The lowest BCUT2D eigenvalue weighted by Crippen LogP contribution is -2.53. The monoisotopic (exact) mass is 465 g/mol. The number of ketones is 1. The predicted molar refractivity (Wildman–Crippen MR) is 130 cm³/mol. The summed E-state index contributed by atoms with van der Waals surface area (Å²) in [5, 5.41) is 4.16. The maximum Gasteiger partial charge on any atom is 0.344 e. The maximum atomic E-state index is 12.9. The fourth-order valence-corrected chi connectivity index (χ4v) is 5.80. The molecular weight excluding hydrogens is 430 g/mol. The van der Waals surface area contributed by atoms with Crippen molar-refractivity contribution in [3.05, 3.63) is 47.3 Å². The summed E-state index contributed by atoms with van der Waals surface area (Å²) in [6, 6.07) is 8.32. The maximum absolute atomic E-state index is 12.9. The van der Waals surface area contributed by atoms with Gasteiger partial charge in [0, 0.05) is 57.1 Å². The standard InChI is InChI=1S/C26H35N5O3/c1-20-4-5-22(24(18-20)28-14-16-34-17-15-28)19-30-10-3-7-26(30)8-12-29(13-9-26)25(33)31-11-6-23(27-31)21(2)32/h4-6,11,18H,3,7-10,12-17,19H2,1-2H3. The van der Waals surface area contributed by atoms with E-state index in [-0.39, 0.29) is 17.4 Å². The number of likely N-dealkylation sites (tertiary alicyclic amines) is 2. The van der Waals surface area contributed by atoms with E-state index in [9.17, 15) is 9.59 Å². The summed E-state index contributed by atoms with van der Waals surface area (Å²) in [5.74, 6) is -0.127. The lowest BCUT2D eigenvalue weighted by molar-refractivity contribution is 0.0584. The Morgan fingerprint density at radius 1 is 1.03 bits per heavy atom. The fourth-order valence-electron chi connectivity index (χ4n) is 5.80. The minimum Gasteiger partial charge on any atom is -0.378 e. The Morgan fingerprint density at radius 3 is 2.50 bits per heavy atom. The molecule has 2 aromatic rings. The van der Waals surface area contributed by atoms with Gasteiger partial charge in [0.1, 0.15) is 5.69 Å². The van der Waals surface area contributed by atoms with Gasteiger partial charge in [0.2, 0.25) is 0 Å². The SMILES string of the molecule is CC(=O)c1ccn(C(=O)N2CCC3(CCCN3Cc3ccc(C)cc3N3CCOCC3)CC2)n1. The molecule has 3 saturated heterocycles. The molecule has 0 bridgehead atoms. The third-order valence-electron chi connectivity index (χ3n) is 7.81. The highest BCUT2D eigenvalue weighted by molar-refractivity contribution is 5.92. The summed E-state index contributed by atoms with van der Waals surface area (Å²) >= 11 is 0. The van der Waals surface area contributed by atoms with E-state index in [4.69, 9.17) is 4.74 Å². The highest BCUT2D eigenvalue weighted by Gasteiger charge is 2.44. The first kappa shape index (κ1) is 23.1. The molecule has 3 fully saturated rings. The lowest BCUT2D eigenvalue weighted by atomic mass is 9.84. The van der Waals surface area contributed by atoms with Crippen LogP contribution in [0.4, 0.5) is 10.5 Å². The minimum atomic E-state index is -0.139. The molecule has 1 amide bonds. The number of carbonyl (C=O) groups is 2. The van der Waals surface area contributed by atoms with Gasteiger partial charge in [-0.1, -0.05) is 12.1 Å². The van der Waals surface area contributed by atoms with Crippen molar-refractivity contribution in [3.63, 3.8) is 0 Å². The first-order chi connectivity index (χ1) is 16.4. The summed E-state index contributed by atoms with van der Waals surface area (Å²) in [6.45, 7) is 10.6. The third kappa shape index (κ3) is 4.49. The predicted octanol–water partition coefficient (Wildman–Crippen LogP) is 3.33. The number of amides is 1. The van der Waals surface area contributed by atoms with Crippen molar-refractivity contribution in [2.24, 2.45) is 0 Å². The average molecular weight is 466 g/mol. The van der Waals surface area contributed by atoms with Crippen LogP contribution in [-0.4, -0.2) is 82.9 Å². The van der Waals surface area contributed by atoms with E-state index in [1.54, 1.807) is 12.3 Å². The second-order valence-corrected chi connectivity index (χ2v) is 9.95. The number of benzene rings is 1. The molecule has 182 valence electrons. The highest BCUT2D eigenvalue weighted by atomic mass is 16.5. The number of aromatic nitrogens is 2. The van der Waals surface area contributed by atoms with Gasteiger partial charge in [-0.25, -0.2) is 4.79 Å². The summed E-state index contributed by atoms with van der Waals surface area (Å²) in [4.78, 5) is 31.5. The van der Waals surface area contributed by atoms with Crippen molar-refractivity contribution < 1.29 is 14.3 Å². The zero-order valence-electron chi connectivity index (χ0n) is 20.3. The van der Waals surface area contributed by atoms with Gasteiger partial charge in [0.25, 0.3) is 0 Å². The van der Waals surface area contributed by atoms with E-state index in [1.807, 2.05) is 4.90 Å². The Hall–Kier alpha value is -2.71. The normalized spacial score (nSPS) is 20.8. The summed E-state index contributed by atoms with van der Waals surface area (Å²) < 4.78 is 6.89. The van der Waals surface area contributed by atoms with Crippen LogP contribution in [0.5, 0.6) is 0 Å².